The van der Waals surface area contributed by atoms with Gasteiger partial charge >= 0.3 is 0 Å². The smallest absolute Gasteiger partial charge is 0.0934 e. The summed E-state index contributed by atoms with van der Waals surface area (Å²) in [4.78, 5) is 5.98. The van der Waals surface area contributed by atoms with Gasteiger partial charge in [0, 0.05) is 17.3 Å². The van der Waals surface area contributed by atoms with E-state index in [2.05, 4.69) is 44.9 Å². The Labute approximate surface area is 103 Å². The predicted octanol–water partition coefficient (Wildman–Crippen LogP) is 3.33. The van der Waals surface area contributed by atoms with Gasteiger partial charge in [0.05, 0.1) is 10.7 Å². The number of rotatable bonds is 6. The number of aryl methyl sites for hydroxylation is 2. The van der Waals surface area contributed by atoms with Crippen LogP contribution in [0.2, 0.25) is 0 Å². The van der Waals surface area contributed by atoms with Gasteiger partial charge < -0.3 is 5.32 Å². The van der Waals surface area contributed by atoms with Crippen LogP contribution in [0.1, 0.15) is 42.8 Å². The first kappa shape index (κ1) is 13.7. The minimum absolute atomic E-state index is 0.578. The largest absolute Gasteiger partial charge is 0.314 e. The lowest BCUT2D eigenvalue weighted by Crippen LogP contribution is -2.29. The predicted molar refractivity (Wildman–Crippen MR) is 72.2 cm³/mol. The quantitative estimate of drug-likeness (QED) is 0.825. The summed E-state index contributed by atoms with van der Waals surface area (Å²) in [5.41, 5.74) is 1.20. The average Bonchev–Trinajstić information content (AvgIpc) is 2.52. The minimum Gasteiger partial charge on any atom is -0.314 e. The molecule has 0 aliphatic carbocycles. The van der Waals surface area contributed by atoms with Gasteiger partial charge in [-0.2, -0.15) is 0 Å². The summed E-state index contributed by atoms with van der Waals surface area (Å²) in [5, 5.41) is 4.81. The lowest BCUT2D eigenvalue weighted by molar-refractivity contribution is 0.435. The Morgan fingerprint density at radius 3 is 2.44 bits per heavy atom. The van der Waals surface area contributed by atoms with E-state index in [9.17, 15) is 0 Å². The van der Waals surface area contributed by atoms with E-state index in [0.29, 0.717) is 12.0 Å². The molecule has 0 aliphatic heterocycles. The fraction of sp³-hybridized carbons (Fsp3) is 0.769. The van der Waals surface area contributed by atoms with Crippen molar-refractivity contribution in [3.63, 3.8) is 0 Å². The monoisotopic (exact) mass is 240 g/mol. The van der Waals surface area contributed by atoms with E-state index < -0.39 is 0 Å². The molecule has 1 unspecified atom stereocenters. The van der Waals surface area contributed by atoms with Crippen molar-refractivity contribution in [2.45, 2.75) is 53.5 Å². The van der Waals surface area contributed by atoms with Crippen molar-refractivity contribution in [3.05, 3.63) is 15.6 Å². The van der Waals surface area contributed by atoms with Crippen molar-refractivity contribution in [3.8, 4) is 0 Å². The van der Waals surface area contributed by atoms with Gasteiger partial charge in [-0.25, -0.2) is 4.98 Å². The number of thiazole rings is 1. The molecule has 0 radical (unpaired) electrons. The molecule has 1 aromatic rings. The van der Waals surface area contributed by atoms with E-state index in [1.807, 2.05) is 11.3 Å². The molecule has 92 valence electrons. The molecule has 0 saturated carbocycles. The van der Waals surface area contributed by atoms with Crippen LogP contribution in [0.25, 0.3) is 0 Å². The third-order valence-electron chi connectivity index (χ3n) is 2.93. The molecule has 0 aromatic carbocycles. The number of nitrogens with zero attached hydrogens (tertiary/aromatic N) is 1. The van der Waals surface area contributed by atoms with E-state index >= 15 is 0 Å². The normalized spacial score (nSPS) is 13.4. The zero-order valence-electron chi connectivity index (χ0n) is 11.1. The maximum atomic E-state index is 4.62. The number of hydrogen-bond donors (Lipinski definition) is 1. The van der Waals surface area contributed by atoms with Crippen LogP contribution in [0.3, 0.4) is 0 Å². The highest BCUT2D eigenvalue weighted by Gasteiger charge is 2.11. The Kier molecular flexibility index (Phi) is 5.42. The van der Waals surface area contributed by atoms with Gasteiger partial charge in [0.25, 0.3) is 0 Å². The lowest BCUT2D eigenvalue weighted by atomic mass is 10.0. The van der Waals surface area contributed by atoms with Gasteiger partial charge in [0.1, 0.15) is 0 Å². The number of aromatic nitrogens is 1. The SMILES string of the molecule is CCC(CNC(C)C)Cc1nc(C)c(C)s1. The van der Waals surface area contributed by atoms with Crippen LogP contribution >= 0.6 is 11.3 Å². The van der Waals surface area contributed by atoms with Crippen LogP contribution in [-0.4, -0.2) is 17.6 Å². The molecule has 2 nitrogen and oxygen atoms in total. The molecule has 1 rings (SSSR count). The molecule has 0 fully saturated rings. The Morgan fingerprint density at radius 1 is 1.31 bits per heavy atom. The molecule has 1 atom stereocenters. The van der Waals surface area contributed by atoms with Gasteiger partial charge in [-0.15, -0.1) is 11.3 Å². The number of nitrogens with one attached hydrogen (secondary N) is 1. The fourth-order valence-corrected chi connectivity index (χ4v) is 2.69. The lowest BCUT2D eigenvalue weighted by Gasteiger charge is -2.16. The van der Waals surface area contributed by atoms with Gasteiger partial charge in [0.15, 0.2) is 0 Å². The first-order valence-electron chi connectivity index (χ1n) is 6.19. The first-order chi connectivity index (χ1) is 7.52. The second kappa shape index (κ2) is 6.36. The van der Waals surface area contributed by atoms with Crippen molar-refractivity contribution in [1.82, 2.24) is 10.3 Å². The number of hydrogen-bond acceptors (Lipinski definition) is 3. The third-order valence-corrected chi connectivity index (χ3v) is 4.02. The molecule has 1 N–H and O–H groups in total. The van der Waals surface area contributed by atoms with Crippen LogP contribution in [0.15, 0.2) is 0 Å². The van der Waals surface area contributed by atoms with Crippen molar-refractivity contribution in [2.24, 2.45) is 5.92 Å². The molecule has 0 spiro atoms. The van der Waals surface area contributed by atoms with E-state index in [0.717, 1.165) is 13.0 Å². The van der Waals surface area contributed by atoms with E-state index in [1.54, 1.807) is 0 Å². The summed E-state index contributed by atoms with van der Waals surface area (Å²) in [5.74, 6) is 0.715. The fourth-order valence-electron chi connectivity index (χ4n) is 1.64. The summed E-state index contributed by atoms with van der Waals surface area (Å²) in [6.45, 7) is 12.0. The van der Waals surface area contributed by atoms with Crippen molar-refractivity contribution >= 4 is 11.3 Å². The van der Waals surface area contributed by atoms with Crippen LogP contribution < -0.4 is 5.32 Å². The summed E-state index contributed by atoms with van der Waals surface area (Å²) in [6.07, 6.45) is 2.34. The second-order valence-electron chi connectivity index (χ2n) is 4.79. The van der Waals surface area contributed by atoms with Gasteiger partial charge in [-0.05, 0) is 26.3 Å². The topological polar surface area (TPSA) is 24.9 Å². The Balaban J connectivity index is 2.49. The molecular weight excluding hydrogens is 216 g/mol. The van der Waals surface area contributed by atoms with Gasteiger partial charge in [0.2, 0.25) is 0 Å². The van der Waals surface area contributed by atoms with E-state index in [-0.39, 0.29) is 0 Å². The molecular formula is C13H24N2S. The third kappa shape index (κ3) is 4.22. The molecule has 0 aliphatic rings. The molecule has 0 bridgehead atoms. The molecule has 0 saturated heterocycles. The summed E-state index contributed by atoms with van der Waals surface area (Å²) < 4.78 is 0. The van der Waals surface area contributed by atoms with Crippen LogP contribution in [0.5, 0.6) is 0 Å². The molecule has 1 aromatic heterocycles. The van der Waals surface area contributed by atoms with Crippen LogP contribution in [0.4, 0.5) is 0 Å². The zero-order chi connectivity index (χ0) is 12.1. The van der Waals surface area contributed by atoms with Gasteiger partial charge in [-0.3, -0.25) is 0 Å². The summed E-state index contributed by atoms with van der Waals surface area (Å²) >= 11 is 1.85. The summed E-state index contributed by atoms with van der Waals surface area (Å²) in [6, 6.07) is 0.578. The molecule has 16 heavy (non-hydrogen) atoms. The maximum absolute atomic E-state index is 4.62. The highest BCUT2D eigenvalue weighted by molar-refractivity contribution is 7.11. The van der Waals surface area contributed by atoms with Crippen LogP contribution in [-0.2, 0) is 6.42 Å². The van der Waals surface area contributed by atoms with Crippen molar-refractivity contribution in [1.29, 1.82) is 0 Å². The van der Waals surface area contributed by atoms with Crippen LogP contribution in [0, 0.1) is 19.8 Å². The Hall–Kier alpha value is -0.410. The highest BCUT2D eigenvalue weighted by atomic mass is 32.1. The second-order valence-corrected chi connectivity index (χ2v) is 6.08. The highest BCUT2D eigenvalue weighted by Crippen LogP contribution is 2.20. The molecule has 1 heterocycles. The average molecular weight is 240 g/mol. The first-order valence-corrected chi connectivity index (χ1v) is 7.00. The zero-order valence-corrected chi connectivity index (χ0v) is 11.9. The van der Waals surface area contributed by atoms with E-state index in [4.69, 9.17) is 0 Å². The maximum Gasteiger partial charge on any atom is 0.0934 e. The molecule has 0 amide bonds. The Morgan fingerprint density at radius 2 is 2.00 bits per heavy atom. The van der Waals surface area contributed by atoms with Gasteiger partial charge in [-0.1, -0.05) is 27.2 Å². The molecule has 3 heteroatoms. The van der Waals surface area contributed by atoms with Crippen molar-refractivity contribution in [2.75, 3.05) is 6.54 Å². The van der Waals surface area contributed by atoms with E-state index in [1.165, 1.54) is 22.0 Å². The minimum atomic E-state index is 0.578. The summed E-state index contributed by atoms with van der Waals surface area (Å²) in [7, 11) is 0. The standard InChI is InChI=1S/C13H24N2S/c1-6-12(8-14-9(2)3)7-13-15-10(4)11(5)16-13/h9,12,14H,6-8H2,1-5H3. The Bertz CT molecular complexity index is 298. The van der Waals surface area contributed by atoms with Crippen molar-refractivity contribution < 1.29 is 0 Å².